The van der Waals surface area contributed by atoms with E-state index >= 15 is 0 Å². The maximum absolute atomic E-state index is 13.3. The highest BCUT2D eigenvalue weighted by molar-refractivity contribution is 7.99. The molecule has 1 amide bonds. The Labute approximate surface area is 182 Å². The molecule has 158 valence electrons. The van der Waals surface area contributed by atoms with E-state index in [1.807, 2.05) is 24.4 Å². The van der Waals surface area contributed by atoms with Gasteiger partial charge in [-0.2, -0.15) is 0 Å². The van der Waals surface area contributed by atoms with Gasteiger partial charge in [0.15, 0.2) is 5.16 Å². The Kier molecular flexibility index (Phi) is 6.40. The van der Waals surface area contributed by atoms with Crippen molar-refractivity contribution >= 4 is 39.2 Å². The van der Waals surface area contributed by atoms with Crippen LogP contribution in [-0.2, 0) is 16.1 Å². The molecule has 0 aliphatic carbocycles. The van der Waals surface area contributed by atoms with Gasteiger partial charge in [-0.15, -0.1) is 17.9 Å². The fraction of sp³-hybridized carbons (Fsp3) is 0.381. The van der Waals surface area contributed by atoms with E-state index in [1.165, 1.54) is 23.1 Å². The molecule has 0 bridgehead atoms. The van der Waals surface area contributed by atoms with E-state index in [-0.39, 0.29) is 23.3 Å². The number of thioether (sulfide) groups is 1. The average Bonchev–Trinajstić information content (AvgIpc) is 3.47. The third kappa shape index (κ3) is 4.38. The van der Waals surface area contributed by atoms with Gasteiger partial charge in [0.05, 0.1) is 17.2 Å². The van der Waals surface area contributed by atoms with Crippen LogP contribution < -0.4 is 10.9 Å². The number of nitrogens with one attached hydrogen (secondary N) is 1. The van der Waals surface area contributed by atoms with Gasteiger partial charge in [-0.05, 0) is 31.9 Å². The van der Waals surface area contributed by atoms with Crippen molar-refractivity contribution in [3.05, 3.63) is 46.3 Å². The van der Waals surface area contributed by atoms with Crippen LogP contribution in [0, 0.1) is 6.92 Å². The van der Waals surface area contributed by atoms with Gasteiger partial charge in [0, 0.05) is 30.6 Å². The van der Waals surface area contributed by atoms with Gasteiger partial charge in [0.25, 0.3) is 5.56 Å². The number of fused-ring (bicyclic) bond motifs is 1. The molecule has 30 heavy (non-hydrogen) atoms. The number of carbonyl (C=O) groups is 1. The number of furan rings is 1. The average molecular weight is 446 g/mol. The van der Waals surface area contributed by atoms with Crippen molar-refractivity contribution in [2.45, 2.75) is 37.6 Å². The van der Waals surface area contributed by atoms with Crippen LogP contribution >= 0.6 is 23.1 Å². The van der Waals surface area contributed by atoms with Gasteiger partial charge in [0.2, 0.25) is 5.91 Å². The molecule has 1 fully saturated rings. The number of thiophene rings is 1. The van der Waals surface area contributed by atoms with E-state index in [1.54, 1.807) is 10.6 Å². The lowest BCUT2D eigenvalue weighted by atomic mass is 10.2. The van der Waals surface area contributed by atoms with Crippen molar-refractivity contribution < 1.29 is 13.9 Å². The van der Waals surface area contributed by atoms with E-state index in [4.69, 9.17) is 9.15 Å². The van der Waals surface area contributed by atoms with Crippen LogP contribution in [0.1, 0.15) is 18.6 Å². The maximum Gasteiger partial charge on any atom is 0.263 e. The summed E-state index contributed by atoms with van der Waals surface area (Å²) >= 11 is 2.64. The Hall–Kier alpha value is -2.36. The van der Waals surface area contributed by atoms with Gasteiger partial charge in [-0.25, -0.2) is 4.98 Å². The summed E-state index contributed by atoms with van der Waals surface area (Å²) < 4.78 is 12.8. The number of hydrogen-bond acceptors (Lipinski definition) is 7. The zero-order chi connectivity index (χ0) is 21.1. The molecule has 1 N–H and O–H groups in total. The number of carbonyl (C=O) groups excluding carboxylic acids is 1. The number of nitrogens with zero attached hydrogens (tertiary/aromatic N) is 2. The van der Waals surface area contributed by atoms with E-state index < -0.39 is 0 Å². The second kappa shape index (κ2) is 9.20. The number of ether oxygens (including phenoxy) is 1. The largest absolute Gasteiger partial charge is 0.461 e. The normalized spacial score (nSPS) is 16.2. The quantitative estimate of drug-likeness (QED) is 0.324. The summed E-state index contributed by atoms with van der Waals surface area (Å²) in [5, 5.41) is 5.82. The monoisotopic (exact) mass is 445 g/mol. The highest BCUT2D eigenvalue weighted by atomic mass is 32.2. The van der Waals surface area contributed by atoms with Crippen molar-refractivity contribution in [3.63, 3.8) is 0 Å². The van der Waals surface area contributed by atoms with E-state index in [0.29, 0.717) is 34.2 Å². The van der Waals surface area contributed by atoms with Crippen LogP contribution in [0.25, 0.3) is 21.5 Å². The Morgan fingerprint density at radius 3 is 3.07 bits per heavy atom. The Bertz CT molecular complexity index is 1130. The number of aromatic nitrogens is 2. The molecule has 1 saturated heterocycles. The molecule has 3 aromatic rings. The first-order chi connectivity index (χ1) is 14.6. The van der Waals surface area contributed by atoms with Crippen LogP contribution in [0.5, 0.6) is 0 Å². The first-order valence-electron chi connectivity index (χ1n) is 9.77. The third-order valence-electron chi connectivity index (χ3n) is 4.86. The highest BCUT2D eigenvalue weighted by Gasteiger charge is 2.20. The summed E-state index contributed by atoms with van der Waals surface area (Å²) in [5.74, 6) is 1.51. The lowest BCUT2D eigenvalue weighted by molar-refractivity contribution is -0.119. The lowest BCUT2D eigenvalue weighted by Gasteiger charge is -2.12. The summed E-state index contributed by atoms with van der Waals surface area (Å²) in [6, 6.07) is 3.73. The van der Waals surface area contributed by atoms with Gasteiger partial charge in [0.1, 0.15) is 16.4 Å². The summed E-state index contributed by atoms with van der Waals surface area (Å²) in [4.78, 5) is 30.8. The standard InChI is InChI=1S/C21H23N3O4S2/c1-3-8-24-20(26)18-15(16-7-6-13(2)28-16)11-29-19(18)23-21(24)30-12-17(25)22-10-14-5-4-9-27-14/h3,6-7,11,14H,1,4-5,8-10,12H2,2H3,(H,22,25). The number of rotatable bonds is 8. The summed E-state index contributed by atoms with van der Waals surface area (Å²) in [6.07, 6.45) is 3.76. The van der Waals surface area contributed by atoms with Crippen molar-refractivity contribution in [1.82, 2.24) is 14.9 Å². The van der Waals surface area contributed by atoms with E-state index in [2.05, 4.69) is 16.9 Å². The topological polar surface area (TPSA) is 86.4 Å². The van der Waals surface area contributed by atoms with Crippen molar-refractivity contribution in [2.24, 2.45) is 0 Å². The Morgan fingerprint density at radius 1 is 1.50 bits per heavy atom. The predicted molar refractivity (Wildman–Crippen MR) is 119 cm³/mol. The predicted octanol–water partition coefficient (Wildman–Crippen LogP) is 3.60. The number of amides is 1. The minimum absolute atomic E-state index is 0.0992. The fourth-order valence-electron chi connectivity index (χ4n) is 3.38. The van der Waals surface area contributed by atoms with E-state index in [0.717, 1.165) is 30.8 Å². The maximum atomic E-state index is 13.3. The molecule has 7 nitrogen and oxygen atoms in total. The summed E-state index contributed by atoms with van der Waals surface area (Å²) in [6.45, 7) is 7.21. The molecule has 0 radical (unpaired) electrons. The molecule has 1 aliphatic heterocycles. The highest BCUT2D eigenvalue weighted by Crippen LogP contribution is 2.33. The number of hydrogen-bond donors (Lipinski definition) is 1. The van der Waals surface area contributed by atoms with Crippen LogP contribution in [-0.4, -0.2) is 40.5 Å². The van der Waals surface area contributed by atoms with Gasteiger partial charge in [-0.3, -0.25) is 14.2 Å². The molecule has 4 heterocycles. The van der Waals surface area contributed by atoms with Crippen molar-refractivity contribution in [2.75, 3.05) is 18.9 Å². The van der Waals surface area contributed by atoms with Crippen LogP contribution in [0.15, 0.2) is 44.5 Å². The Morgan fingerprint density at radius 2 is 2.37 bits per heavy atom. The van der Waals surface area contributed by atoms with Gasteiger partial charge >= 0.3 is 0 Å². The zero-order valence-electron chi connectivity index (χ0n) is 16.7. The first-order valence-corrected chi connectivity index (χ1v) is 11.6. The van der Waals surface area contributed by atoms with Crippen LogP contribution in [0.4, 0.5) is 0 Å². The first kappa shape index (κ1) is 20.9. The fourth-order valence-corrected chi connectivity index (χ4v) is 5.19. The van der Waals surface area contributed by atoms with Crippen molar-refractivity contribution in [3.8, 4) is 11.3 Å². The molecule has 3 aromatic heterocycles. The molecular weight excluding hydrogens is 422 g/mol. The molecule has 1 unspecified atom stereocenters. The van der Waals surface area contributed by atoms with Gasteiger partial charge in [-0.1, -0.05) is 17.8 Å². The summed E-state index contributed by atoms with van der Waals surface area (Å²) in [7, 11) is 0. The van der Waals surface area contributed by atoms with E-state index in [9.17, 15) is 9.59 Å². The molecule has 1 atom stereocenters. The molecular formula is C21H23N3O4S2. The summed E-state index contributed by atoms with van der Waals surface area (Å²) in [5.41, 5.74) is 0.580. The zero-order valence-corrected chi connectivity index (χ0v) is 18.3. The molecule has 1 aliphatic rings. The second-order valence-corrected chi connectivity index (χ2v) is 8.87. The minimum atomic E-state index is -0.160. The number of aryl methyl sites for hydroxylation is 1. The van der Waals surface area contributed by atoms with Crippen molar-refractivity contribution in [1.29, 1.82) is 0 Å². The Balaban J connectivity index is 1.56. The SMILES string of the molecule is C=CCn1c(SCC(=O)NCC2CCCO2)nc2scc(-c3ccc(C)o3)c2c1=O. The third-order valence-corrected chi connectivity index (χ3v) is 6.71. The molecule has 4 rings (SSSR count). The second-order valence-electron chi connectivity index (χ2n) is 7.07. The molecule has 0 aromatic carbocycles. The van der Waals surface area contributed by atoms with Crippen LogP contribution in [0.3, 0.4) is 0 Å². The van der Waals surface area contributed by atoms with Gasteiger partial charge < -0.3 is 14.5 Å². The smallest absolute Gasteiger partial charge is 0.263 e. The molecule has 0 saturated carbocycles. The number of allylic oxidation sites excluding steroid dienone is 1. The molecule has 0 spiro atoms. The van der Waals surface area contributed by atoms with Crippen LogP contribution in [0.2, 0.25) is 0 Å². The lowest BCUT2D eigenvalue weighted by Crippen LogP contribution is -2.33. The minimum Gasteiger partial charge on any atom is -0.461 e. The molecule has 9 heteroatoms.